The van der Waals surface area contributed by atoms with Gasteiger partial charge in [0.15, 0.2) is 29.0 Å². The summed E-state index contributed by atoms with van der Waals surface area (Å²) >= 11 is 0. The molecule has 2 aromatic carbocycles. The molecule has 384 valence electrons. The molecule has 0 aliphatic carbocycles. The highest BCUT2D eigenvalue weighted by Crippen LogP contribution is 2.42. The lowest BCUT2D eigenvalue weighted by molar-refractivity contribution is -0.352. The minimum Gasteiger partial charge on any atom is -0.507 e. The van der Waals surface area contributed by atoms with Gasteiger partial charge in [-0.1, -0.05) is 80.9 Å². The van der Waals surface area contributed by atoms with Crippen LogP contribution in [0.2, 0.25) is 0 Å². The summed E-state index contributed by atoms with van der Waals surface area (Å²) in [6.45, 7) is 8.32. The molecule has 2 aliphatic heterocycles. The smallest absolute Gasteiger partial charge is 0.305 e. The Labute approximate surface area is 403 Å². The van der Waals surface area contributed by atoms with Crippen molar-refractivity contribution < 1.29 is 78.5 Å². The van der Waals surface area contributed by atoms with E-state index in [9.17, 15) is 50.4 Å². The summed E-state index contributed by atoms with van der Waals surface area (Å²) in [6.07, 6.45) is 2.61. The third-order valence-electron chi connectivity index (χ3n) is 12.5. The third-order valence-corrected chi connectivity index (χ3v) is 12.5. The number of phenolic OH excluding ortho intramolecular Hbond substituents is 2. The number of fused-ring (bicyclic) bond motifs is 2. The molecule has 17 heteroatoms. The van der Waals surface area contributed by atoms with E-state index in [1.54, 1.807) is 12.1 Å². The number of hydrogen-bond acceptors (Lipinski definition) is 17. The number of esters is 1. The Bertz CT molecular complexity index is 2290. The Morgan fingerprint density at radius 3 is 1.99 bits per heavy atom. The minimum atomic E-state index is -1.96. The number of aliphatic hydroxyl groups is 6. The average molecular weight is 971 g/mol. The number of hydrogen-bond donors (Lipinski definition) is 8. The highest BCUT2D eigenvalue weighted by atomic mass is 16.7. The van der Waals surface area contributed by atoms with Crippen LogP contribution in [0.4, 0.5) is 0 Å². The number of rotatable bonds is 25. The molecule has 0 bridgehead atoms. The number of ether oxygens (including phenoxy) is 6. The molecule has 2 saturated heterocycles. The fourth-order valence-corrected chi connectivity index (χ4v) is 8.47. The molecule has 0 spiro atoms. The van der Waals surface area contributed by atoms with Gasteiger partial charge >= 0.3 is 5.97 Å². The lowest BCUT2D eigenvalue weighted by Gasteiger charge is -2.46. The summed E-state index contributed by atoms with van der Waals surface area (Å²) in [4.78, 5) is 27.8. The number of methoxy groups -OCH3 is 1. The first kappa shape index (κ1) is 55.4. The molecule has 0 unspecified atom stereocenters. The van der Waals surface area contributed by atoms with Crippen molar-refractivity contribution in [2.24, 2.45) is 0 Å². The van der Waals surface area contributed by atoms with Gasteiger partial charge in [-0.2, -0.15) is 0 Å². The SMILES string of the molecule is CCCCCC/C=C\CCCCCCCC(=O)OC[C@H]1O[C@@H](Oc2cc(O)c3oc4c(OC)cc(CC=C(C)C)c(O)c4c(=O)c3c2CC=C(C)C)[C@H](O)[C@@H](O)[C@@H]1O[C@@H]1O[C@H](CO)[C@@H](O)[C@H](O)[C@H]1O. The van der Waals surface area contributed by atoms with E-state index >= 15 is 0 Å². The summed E-state index contributed by atoms with van der Waals surface area (Å²) in [5.74, 6) is -1.51. The van der Waals surface area contributed by atoms with E-state index in [1.165, 1.54) is 32.8 Å². The van der Waals surface area contributed by atoms with Crippen LogP contribution in [-0.2, 0) is 36.6 Å². The highest BCUT2D eigenvalue weighted by Gasteiger charge is 2.51. The number of aromatic hydroxyl groups is 2. The summed E-state index contributed by atoms with van der Waals surface area (Å²) < 4.78 is 41.2. The van der Waals surface area contributed by atoms with Crippen molar-refractivity contribution in [1.82, 2.24) is 0 Å². The van der Waals surface area contributed by atoms with Crippen LogP contribution in [-0.4, -0.2) is 129 Å². The summed E-state index contributed by atoms with van der Waals surface area (Å²) in [6, 6.07) is 2.71. The van der Waals surface area contributed by atoms with E-state index in [-0.39, 0.29) is 64.0 Å². The van der Waals surface area contributed by atoms with E-state index in [1.807, 2.05) is 33.8 Å². The maximum absolute atomic E-state index is 14.7. The summed E-state index contributed by atoms with van der Waals surface area (Å²) in [5, 5.41) is 87.4. The predicted molar refractivity (Wildman–Crippen MR) is 257 cm³/mol. The van der Waals surface area contributed by atoms with Gasteiger partial charge in [0.25, 0.3) is 0 Å². The maximum Gasteiger partial charge on any atom is 0.305 e. The Morgan fingerprint density at radius 2 is 1.33 bits per heavy atom. The zero-order valence-corrected chi connectivity index (χ0v) is 40.8. The van der Waals surface area contributed by atoms with E-state index in [2.05, 4.69) is 19.1 Å². The van der Waals surface area contributed by atoms with Gasteiger partial charge in [0, 0.05) is 23.6 Å². The van der Waals surface area contributed by atoms with E-state index < -0.39 is 91.8 Å². The normalized spacial score (nSPS) is 25.0. The van der Waals surface area contributed by atoms with Gasteiger partial charge in [0.05, 0.1) is 19.1 Å². The molecule has 0 saturated carbocycles. The van der Waals surface area contributed by atoms with Crippen molar-refractivity contribution in [2.75, 3.05) is 20.3 Å². The number of allylic oxidation sites excluding steroid dienone is 6. The molecule has 17 nitrogen and oxygen atoms in total. The van der Waals surface area contributed by atoms with E-state index in [0.29, 0.717) is 12.0 Å². The number of carbonyl (C=O) groups excluding carboxylic acids is 1. The number of carbonyl (C=O) groups is 1. The molecular formula is C52H74O17. The lowest BCUT2D eigenvalue weighted by atomic mass is 9.96. The first-order chi connectivity index (χ1) is 33.0. The van der Waals surface area contributed by atoms with Gasteiger partial charge in [0.2, 0.25) is 11.7 Å². The number of aliphatic hydroxyl groups excluding tert-OH is 6. The first-order valence-electron chi connectivity index (χ1n) is 24.3. The van der Waals surface area contributed by atoms with Crippen molar-refractivity contribution in [1.29, 1.82) is 0 Å². The number of phenols is 2. The Balaban J connectivity index is 1.41. The van der Waals surface area contributed by atoms with E-state index in [4.69, 9.17) is 32.8 Å². The standard InChI is InChI=1S/C52H74O17/c1-7-8-9-10-11-12-13-14-15-16-17-18-19-20-38(55)64-28-37-50(69-52-46(61)44(59)42(57)36(27-53)66-52)45(60)47(62)51(67-37)65-34-26-33(54)48-39(32(34)24-22-30(4)5)43(58)40-41(56)31(23-21-29(2)3)25-35(63-6)49(40)68-48/h12-13,21-22,25-26,36-37,42,44-47,50-54,56-57,59-62H,7-11,14-20,23-24,27-28H2,1-6H3/b13-12-/t36-,37-,42-,44+,45-,46-,47-,50-,51-,52+/m1/s1. The van der Waals surface area contributed by atoms with Crippen molar-refractivity contribution in [3.8, 4) is 23.0 Å². The molecule has 3 heterocycles. The molecule has 10 atom stereocenters. The fourth-order valence-electron chi connectivity index (χ4n) is 8.47. The van der Waals surface area contributed by atoms with Crippen molar-refractivity contribution in [2.45, 2.75) is 186 Å². The van der Waals surface area contributed by atoms with Crippen molar-refractivity contribution >= 4 is 27.9 Å². The fraction of sp³-hybridized carbons (Fsp3) is 0.615. The first-order valence-corrected chi connectivity index (χ1v) is 24.3. The van der Waals surface area contributed by atoms with Gasteiger partial charge in [-0.25, -0.2) is 0 Å². The number of unbranched alkanes of at least 4 members (excludes halogenated alkanes) is 9. The van der Waals surface area contributed by atoms with Gasteiger partial charge < -0.3 is 73.7 Å². The monoisotopic (exact) mass is 970 g/mol. The molecule has 69 heavy (non-hydrogen) atoms. The second-order valence-electron chi connectivity index (χ2n) is 18.5. The highest BCUT2D eigenvalue weighted by molar-refractivity contribution is 6.00. The largest absolute Gasteiger partial charge is 0.507 e. The van der Waals surface area contributed by atoms with Crippen LogP contribution in [0.3, 0.4) is 0 Å². The molecule has 2 aliphatic rings. The van der Waals surface area contributed by atoms with Crippen molar-refractivity contribution in [3.05, 3.63) is 68.9 Å². The molecule has 3 aromatic rings. The van der Waals surface area contributed by atoms with E-state index in [0.717, 1.165) is 55.7 Å². The zero-order chi connectivity index (χ0) is 50.4. The quantitative estimate of drug-likeness (QED) is 0.0203. The van der Waals surface area contributed by atoms with Crippen LogP contribution in [0.5, 0.6) is 23.0 Å². The van der Waals surface area contributed by atoms with Crippen LogP contribution in [0.15, 0.2) is 56.8 Å². The molecular weight excluding hydrogens is 897 g/mol. The Hall–Kier alpha value is -4.56. The predicted octanol–water partition coefficient (Wildman–Crippen LogP) is 6.19. The third kappa shape index (κ3) is 14.3. The second-order valence-corrected chi connectivity index (χ2v) is 18.5. The average Bonchev–Trinajstić information content (AvgIpc) is 3.31. The maximum atomic E-state index is 14.7. The summed E-state index contributed by atoms with van der Waals surface area (Å²) in [5.41, 5.74) is 1.30. The summed E-state index contributed by atoms with van der Waals surface area (Å²) in [7, 11) is 1.38. The van der Waals surface area contributed by atoms with Gasteiger partial charge in [-0.15, -0.1) is 0 Å². The van der Waals surface area contributed by atoms with Gasteiger partial charge in [0.1, 0.15) is 72.3 Å². The minimum absolute atomic E-state index is 0.0194. The molecule has 1 aromatic heterocycles. The second kappa shape index (κ2) is 26.6. The molecule has 0 radical (unpaired) electrons. The molecule has 0 amide bonds. The molecule has 8 N–H and O–H groups in total. The van der Waals surface area contributed by atoms with Crippen LogP contribution >= 0.6 is 0 Å². The van der Waals surface area contributed by atoms with Crippen LogP contribution in [0, 0.1) is 0 Å². The van der Waals surface area contributed by atoms with Crippen molar-refractivity contribution in [3.63, 3.8) is 0 Å². The van der Waals surface area contributed by atoms with Gasteiger partial charge in [-0.05, 0) is 78.7 Å². The lowest BCUT2D eigenvalue weighted by Crippen LogP contribution is -2.65. The number of benzene rings is 2. The topological polar surface area (TPSA) is 264 Å². The van der Waals surface area contributed by atoms with Crippen LogP contribution < -0.4 is 14.9 Å². The van der Waals surface area contributed by atoms with Crippen LogP contribution in [0.1, 0.15) is 123 Å². The molecule has 5 rings (SSSR count). The van der Waals surface area contributed by atoms with Gasteiger partial charge in [-0.3, -0.25) is 9.59 Å². The Kier molecular flexibility index (Phi) is 21.3. The molecule has 2 fully saturated rings. The Morgan fingerprint density at radius 1 is 0.710 bits per heavy atom. The van der Waals surface area contributed by atoms with Crippen LogP contribution in [0.25, 0.3) is 21.9 Å². The zero-order valence-electron chi connectivity index (χ0n) is 40.8.